The first-order valence-corrected chi connectivity index (χ1v) is 4.71. The Labute approximate surface area is 85.8 Å². The normalized spacial score (nSPS) is 8.86. The van der Waals surface area contributed by atoms with Crippen molar-refractivity contribution in [2.75, 3.05) is 5.73 Å². The highest BCUT2D eigenvalue weighted by molar-refractivity contribution is 5.73. The van der Waals surface area contributed by atoms with E-state index in [1.165, 1.54) is 0 Å². The fourth-order valence-electron chi connectivity index (χ4n) is 1.10. The Bertz CT molecular complexity index is 330. The summed E-state index contributed by atoms with van der Waals surface area (Å²) >= 11 is 0. The van der Waals surface area contributed by atoms with Gasteiger partial charge in [-0.1, -0.05) is 20.4 Å². The minimum absolute atomic E-state index is 0.487. The van der Waals surface area contributed by atoms with E-state index in [1.807, 2.05) is 33.8 Å². The molecule has 4 N–H and O–H groups in total. The molecule has 1 aromatic heterocycles. The molecule has 78 valence electrons. The third-order valence-corrected chi connectivity index (χ3v) is 1.72. The maximum atomic E-state index is 5.75. The summed E-state index contributed by atoms with van der Waals surface area (Å²) in [6.07, 6.45) is 0. The standard InChI is InChI=1S/C9H13N3.C2H6/c1-5-4-8(6(2)10)9(11)7(3)12-5;1-2/h4H,2,10-11H2,1,3H3;1-2H3. The molecule has 3 heteroatoms. The van der Waals surface area contributed by atoms with E-state index in [4.69, 9.17) is 11.5 Å². The second-order valence-corrected chi connectivity index (χ2v) is 2.84. The van der Waals surface area contributed by atoms with E-state index >= 15 is 0 Å². The van der Waals surface area contributed by atoms with Crippen LogP contribution in [0.15, 0.2) is 12.6 Å². The SMILES string of the molecule is C=C(N)c1cc(C)nc(C)c1N.CC. The largest absolute Gasteiger partial charge is 0.399 e. The van der Waals surface area contributed by atoms with Gasteiger partial charge in [0.15, 0.2) is 0 Å². The lowest BCUT2D eigenvalue weighted by molar-refractivity contribution is 1.12. The van der Waals surface area contributed by atoms with Gasteiger partial charge in [0, 0.05) is 17.0 Å². The lowest BCUT2D eigenvalue weighted by atomic mass is 10.1. The van der Waals surface area contributed by atoms with Gasteiger partial charge in [-0.3, -0.25) is 4.98 Å². The van der Waals surface area contributed by atoms with Gasteiger partial charge in [0.25, 0.3) is 0 Å². The number of pyridine rings is 1. The van der Waals surface area contributed by atoms with Crippen LogP contribution in [0.5, 0.6) is 0 Å². The molecule has 0 radical (unpaired) electrons. The summed E-state index contributed by atoms with van der Waals surface area (Å²) in [6, 6.07) is 1.84. The van der Waals surface area contributed by atoms with Gasteiger partial charge in [-0.2, -0.15) is 0 Å². The highest BCUT2D eigenvalue weighted by Gasteiger charge is 2.04. The lowest BCUT2D eigenvalue weighted by Crippen LogP contribution is -2.04. The number of nitrogens with zero attached hydrogens (tertiary/aromatic N) is 1. The van der Waals surface area contributed by atoms with Gasteiger partial charge in [0.05, 0.1) is 11.4 Å². The number of nitrogen functional groups attached to an aromatic ring is 1. The van der Waals surface area contributed by atoms with Crippen LogP contribution < -0.4 is 11.5 Å². The van der Waals surface area contributed by atoms with Crippen LogP contribution in [0.3, 0.4) is 0 Å². The second-order valence-electron chi connectivity index (χ2n) is 2.84. The van der Waals surface area contributed by atoms with Crippen LogP contribution >= 0.6 is 0 Å². The van der Waals surface area contributed by atoms with Crippen molar-refractivity contribution in [1.82, 2.24) is 4.98 Å². The fraction of sp³-hybridized carbons (Fsp3) is 0.364. The molecule has 1 aromatic rings. The molecule has 0 saturated heterocycles. The Balaban J connectivity index is 0.000000791. The molecule has 0 saturated carbocycles. The fourth-order valence-corrected chi connectivity index (χ4v) is 1.10. The number of aryl methyl sites for hydroxylation is 2. The van der Waals surface area contributed by atoms with E-state index in [-0.39, 0.29) is 0 Å². The minimum Gasteiger partial charge on any atom is -0.399 e. The Morgan fingerprint density at radius 1 is 1.36 bits per heavy atom. The average molecular weight is 193 g/mol. The van der Waals surface area contributed by atoms with Crippen LogP contribution in [0.1, 0.15) is 30.8 Å². The van der Waals surface area contributed by atoms with Crippen LogP contribution in [0.4, 0.5) is 5.69 Å². The van der Waals surface area contributed by atoms with Crippen molar-refractivity contribution < 1.29 is 0 Å². The van der Waals surface area contributed by atoms with E-state index in [0.717, 1.165) is 17.0 Å². The Morgan fingerprint density at radius 2 is 1.86 bits per heavy atom. The summed E-state index contributed by atoms with van der Waals surface area (Å²) in [4.78, 5) is 4.19. The highest BCUT2D eigenvalue weighted by atomic mass is 14.8. The smallest absolute Gasteiger partial charge is 0.0624 e. The molecule has 0 bridgehead atoms. The molecule has 0 fully saturated rings. The number of nitrogens with two attached hydrogens (primary N) is 2. The van der Waals surface area contributed by atoms with Gasteiger partial charge in [-0.05, 0) is 19.9 Å². The van der Waals surface area contributed by atoms with Gasteiger partial charge in [0.2, 0.25) is 0 Å². The Hall–Kier alpha value is -1.51. The van der Waals surface area contributed by atoms with Crippen molar-refractivity contribution in [3.63, 3.8) is 0 Å². The molecule has 0 aliphatic rings. The van der Waals surface area contributed by atoms with Crippen LogP contribution in [-0.2, 0) is 0 Å². The van der Waals surface area contributed by atoms with Crippen molar-refractivity contribution in [2.24, 2.45) is 5.73 Å². The molecule has 0 atom stereocenters. The van der Waals surface area contributed by atoms with E-state index in [0.29, 0.717) is 11.4 Å². The minimum atomic E-state index is 0.487. The molecule has 0 aliphatic carbocycles. The summed E-state index contributed by atoms with van der Waals surface area (Å²) in [5, 5.41) is 0. The van der Waals surface area contributed by atoms with Crippen LogP contribution in [0.2, 0.25) is 0 Å². The van der Waals surface area contributed by atoms with Crippen molar-refractivity contribution in [3.8, 4) is 0 Å². The Morgan fingerprint density at radius 3 is 2.29 bits per heavy atom. The summed E-state index contributed by atoms with van der Waals surface area (Å²) in [5.74, 6) is 0. The van der Waals surface area contributed by atoms with E-state index in [1.54, 1.807) is 0 Å². The zero-order chi connectivity index (χ0) is 11.3. The monoisotopic (exact) mass is 193 g/mol. The molecule has 14 heavy (non-hydrogen) atoms. The third-order valence-electron chi connectivity index (χ3n) is 1.72. The third kappa shape index (κ3) is 2.76. The van der Waals surface area contributed by atoms with Gasteiger partial charge in [0.1, 0.15) is 0 Å². The van der Waals surface area contributed by atoms with Crippen LogP contribution in [0.25, 0.3) is 5.70 Å². The van der Waals surface area contributed by atoms with E-state index in [2.05, 4.69) is 11.6 Å². The zero-order valence-electron chi connectivity index (χ0n) is 9.39. The lowest BCUT2D eigenvalue weighted by Gasteiger charge is -2.08. The van der Waals surface area contributed by atoms with Crippen molar-refractivity contribution in [1.29, 1.82) is 0 Å². The second kappa shape index (κ2) is 5.27. The number of hydrogen-bond acceptors (Lipinski definition) is 3. The molecule has 0 aromatic carbocycles. The van der Waals surface area contributed by atoms with E-state index in [9.17, 15) is 0 Å². The van der Waals surface area contributed by atoms with Gasteiger partial charge >= 0.3 is 0 Å². The quantitative estimate of drug-likeness (QED) is 0.718. The first-order valence-electron chi connectivity index (χ1n) is 4.71. The highest BCUT2D eigenvalue weighted by Crippen LogP contribution is 2.19. The average Bonchev–Trinajstić information content (AvgIpc) is 2.14. The first-order chi connectivity index (χ1) is 6.52. The van der Waals surface area contributed by atoms with Crippen molar-refractivity contribution in [3.05, 3.63) is 29.6 Å². The molecule has 0 unspecified atom stereocenters. The maximum absolute atomic E-state index is 5.75. The molecule has 1 rings (SSSR count). The number of hydrogen-bond donors (Lipinski definition) is 2. The zero-order valence-corrected chi connectivity index (χ0v) is 9.39. The summed E-state index contributed by atoms with van der Waals surface area (Å²) < 4.78 is 0. The van der Waals surface area contributed by atoms with E-state index < -0.39 is 0 Å². The molecule has 3 nitrogen and oxygen atoms in total. The molecular weight excluding hydrogens is 174 g/mol. The number of anilines is 1. The molecule has 1 heterocycles. The van der Waals surface area contributed by atoms with Crippen molar-refractivity contribution in [2.45, 2.75) is 27.7 Å². The van der Waals surface area contributed by atoms with Gasteiger partial charge < -0.3 is 11.5 Å². The number of aromatic nitrogens is 1. The van der Waals surface area contributed by atoms with Crippen molar-refractivity contribution >= 4 is 11.4 Å². The summed E-state index contributed by atoms with van der Waals surface area (Å²) in [6.45, 7) is 11.4. The summed E-state index contributed by atoms with van der Waals surface area (Å²) in [7, 11) is 0. The first kappa shape index (κ1) is 12.5. The van der Waals surface area contributed by atoms with Gasteiger partial charge in [-0.15, -0.1) is 0 Å². The molecule has 0 spiro atoms. The predicted octanol–water partition coefficient (Wildman–Crippen LogP) is 2.24. The number of rotatable bonds is 1. The maximum Gasteiger partial charge on any atom is 0.0624 e. The predicted molar refractivity (Wildman–Crippen MR) is 62.7 cm³/mol. The molecular formula is C11H19N3. The van der Waals surface area contributed by atoms with Crippen LogP contribution in [0, 0.1) is 13.8 Å². The topological polar surface area (TPSA) is 64.9 Å². The van der Waals surface area contributed by atoms with Gasteiger partial charge in [-0.25, -0.2) is 0 Å². The molecule has 0 amide bonds. The Kier molecular flexibility index (Phi) is 4.70. The van der Waals surface area contributed by atoms with Crippen LogP contribution in [-0.4, -0.2) is 4.98 Å². The summed E-state index contributed by atoms with van der Waals surface area (Å²) in [5.41, 5.74) is 14.9. The molecule has 0 aliphatic heterocycles.